The van der Waals surface area contributed by atoms with Crippen LogP contribution in [0.3, 0.4) is 0 Å². The molecule has 6 nitrogen and oxygen atoms in total. The molecule has 0 aliphatic carbocycles. The van der Waals surface area contributed by atoms with Gasteiger partial charge in [-0.2, -0.15) is 0 Å². The number of rotatable bonds is 7. The van der Waals surface area contributed by atoms with Crippen molar-refractivity contribution >= 4 is 27.6 Å². The lowest BCUT2D eigenvalue weighted by Gasteiger charge is -2.15. The Labute approximate surface area is 164 Å². The Bertz CT molecular complexity index is 910. The summed E-state index contributed by atoms with van der Waals surface area (Å²) in [6.45, 7) is 4.25. The van der Waals surface area contributed by atoms with Gasteiger partial charge in [0.05, 0.1) is 22.6 Å². The molecule has 27 heavy (non-hydrogen) atoms. The van der Waals surface area contributed by atoms with Gasteiger partial charge in [-0.15, -0.1) is 0 Å². The molecular weight excluding hydrogens is 390 g/mol. The molecule has 0 aliphatic rings. The predicted octanol–water partition coefficient (Wildman–Crippen LogP) is 4.00. The molecule has 0 bridgehead atoms. The first-order chi connectivity index (χ1) is 12.7. The zero-order valence-electron chi connectivity index (χ0n) is 15.6. The van der Waals surface area contributed by atoms with Crippen LogP contribution >= 0.6 is 11.6 Å². The predicted molar refractivity (Wildman–Crippen MR) is 103 cm³/mol. The van der Waals surface area contributed by atoms with Crippen LogP contribution in [0.4, 0.5) is 0 Å². The maximum absolute atomic E-state index is 12.4. The molecule has 0 saturated carbocycles. The smallest absolute Gasteiger partial charge is 0.340 e. The topological polar surface area (TPSA) is 72.9 Å². The Hall–Kier alpha value is -1.93. The number of carbonyl (C=O) groups excluding carboxylic acids is 1. The number of nitrogens with zero attached hydrogens (tertiary/aromatic N) is 1. The minimum atomic E-state index is -3.90. The van der Waals surface area contributed by atoms with E-state index in [2.05, 4.69) is 13.8 Å². The van der Waals surface area contributed by atoms with Gasteiger partial charge in [0, 0.05) is 7.05 Å². The van der Waals surface area contributed by atoms with E-state index in [4.69, 9.17) is 21.2 Å². The average molecular weight is 412 g/mol. The van der Waals surface area contributed by atoms with E-state index in [0.717, 1.165) is 5.56 Å². The summed E-state index contributed by atoms with van der Waals surface area (Å²) >= 11 is 6.05. The summed E-state index contributed by atoms with van der Waals surface area (Å²) in [7, 11) is -1.42. The van der Waals surface area contributed by atoms with Gasteiger partial charge in [-0.3, -0.25) is 4.84 Å². The van der Waals surface area contributed by atoms with E-state index in [1.54, 1.807) is 0 Å². The van der Waals surface area contributed by atoms with Crippen LogP contribution in [0.5, 0.6) is 0 Å². The molecule has 0 saturated heterocycles. The van der Waals surface area contributed by atoms with Crippen LogP contribution in [0, 0.1) is 0 Å². The SMILES string of the molecule is CON(C)S(=O)(=O)c1ccc(Cl)c(C(=O)OCc2ccc(C(C)C)cc2)c1. The molecule has 2 aromatic rings. The van der Waals surface area contributed by atoms with Gasteiger partial charge in [0.25, 0.3) is 10.0 Å². The van der Waals surface area contributed by atoms with Crippen molar-refractivity contribution < 1.29 is 22.8 Å². The number of sulfonamides is 1. The summed E-state index contributed by atoms with van der Waals surface area (Å²) in [5.41, 5.74) is 1.99. The van der Waals surface area contributed by atoms with Crippen LogP contribution in [0.25, 0.3) is 0 Å². The Kier molecular flexibility index (Phi) is 7.00. The minimum absolute atomic E-state index is 0.0268. The van der Waals surface area contributed by atoms with Crippen LogP contribution in [0.15, 0.2) is 47.4 Å². The molecule has 0 N–H and O–H groups in total. The second kappa shape index (κ2) is 8.84. The van der Waals surface area contributed by atoms with Gasteiger partial charge in [0.15, 0.2) is 0 Å². The standard InChI is InChI=1S/C19H22ClNO5S/c1-13(2)15-7-5-14(6-8-15)12-26-19(22)17-11-16(9-10-18(17)20)27(23,24)21(3)25-4/h5-11,13H,12H2,1-4H3. The zero-order chi connectivity index (χ0) is 20.2. The molecule has 0 fully saturated rings. The van der Waals surface area contributed by atoms with Gasteiger partial charge < -0.3 is 4.74 Å². The lowest BCUT2D eigenvalue weighted by atomic mass is 10.0. The number of carbonyl (C=O) groups is 1. The molecule has 0 radical (unpaired) electrons. The zero-order valence-corrected chi connectivity index (χ0v) is 17.2. The number of hydroxylamine groups is 1. The van der Waals surface area contributed by atoms with Crippen LogP contribution in [-0.2, 0) is 26.2 Å². The van der Waals surface area contributed by atoms with Gasteiger partial charge >= 0.3 is 5.97 Å². The van der Waals surface area contributed by atoms with E-state index in [-0.39, 0.29) is 22.1 Å². The van der Waals surface area contributed by atoms with Crippen molar-refractivity contribution in [2.24, 2.45) is 0 Å². The first kappa shape index (κ1) is 21.4. The summed E-state index contributed by atoms with van der Waals surface area (Å²) in [5, 5.41) is 0.106. The first-order valence-electron chi connectivity index (χ1n) is 8.25. The van der Waals surface area contributed by atoms with E-state index >= 15 is 0 Å². The molecule has 0 unspecified atom stereocenters. The van der Waals surface area contributed by atoms with Gasteiger partial charge in [0.1, 0.15) is 6.61 Å². The van der Waals surface area contributed by atoms with Gasteiger partial charge in [-0.25, -0.2) is 13.2 Å². The van der Waals surface area contributed by atoms with Crippen molar-refractivity contribution in [3.63, 3.8) is 0 Å². The maximum Gasteiger partial charge on any atom is 0.340 e. The van der Waals surface area contributed by atoms with E-state index in [1.807, 2.05) is 24.3 Å². The highest BCUT2D eigenvalue weighted by Gasteiger charge is 2.24. The first-order valence-corrected chi connectivity index (χ1v) is 10.1. The van der Waals surface area contributed by atoms with Crippen molar-refractivity contribution in [3.8, 4) is 0 Å². The molecule has 2 aromatic carbocycles. The van der Waals surface area contributed by atoms with E-state index in [1.165, 1.54) is 37.9 Å². The van der Waals surface area contributed by atoms with E-state index in [0.29, 0.717) is 10.4 Å². The third kappa shape index (κ3) is 5.07. The van der Waals surface area contributed by atoms with Crippen LogP contribution in [0.1, 0.15) is 41.3 Å². The quantitative estimate of drug-likeness (QED) is 0.508. The summed E-state index contributed by atoms with van der Waals surface area (Å²) in [4.78, 5) is 17.0. The molecule has 8 heteroatoms. The molecule has 0 aromatic heterocycles. The Morgan fingerprint density at radius 2 is 1.78 bits per heavy atom. The Morgan fingerprint density at radius 1 is 1.15 bits per heavy atom. The molecule has 146 valence electrons. The molecule has 0 aliphatic heterocycles. The number of hydrogen-bond donors (Lipinski definition) is 0. The second-order valence-corrected chi connectivity index (χ2v) is 8.55. The molecule has 0 heterocycles. The average Bonchev–Trinajstić information content (AvgIpc) is 2.65. The third-order valence-corrected chi connectivity index (χ3v) is 6.07. The second-order valence-electron chi connectivity index (χ2n) is 6.21. The molecule has 2 rings (SSSR count). The number of esters is 1. The summed E-state index contributed by atoms with van der Waals surface area (Å²) in [5.74, 6) is -0.291. The largest absolute Gasteiger partial charge is 0.457 e. The van der Waals surface area contributed by atoms with Crippen molar-refractivity contribution in [1.29, 1.82) is 0 Å². The molecule has 0 atom stereocenters. The van der Waals surface area contributed by atoms with E-state index < -0.39 is 16.0 Å². The fraction of sp³-hybridized carbons (Fsp3) is 0.316. The van der Waals surface area contributed by atoms with Crippen molar-refractivity contribution in [2.75, 3.05) is 14.2 Å². The van der Waals surface area contributed by atoms with Gasteiger partial charge in [-0.05, 0) is 35.2 Å². The highest BCUT2D eigenvalue weighted by molar-refractivity contribution is 7.89. The normalized spacial score (nSPS) is 11.8. The molecular formula is C19H22ClNO5S. The van der Waals surface area contributed by atoms with Crippen molar-refractivity contribution in [3.05, 3.63) is 64.2 Å². The number of benzene rings is 2. The number of ether oxygens (including phenoxy) is 1. The lowest BCUT2D eigenvalue weighted by molar-refractivity contribution is -0.0258. The Morgan fingerprint density at radius 3 is 2.33 bits per heavy atom. The summed E-state index contributed by atoms with van der Waals surface area (Å²) < 4.78 is 30.6. The van der Waals surface area contributed by atoms with Crippen LogP contribution < -0.4 is 0 Å². The number of halogens is 1. The van der Waals surface area contributed by atoms with Gasteiger partial charge in [0.2, 0.25) is 0 Å². The van der Waals surface area contributed by atoms with Crippen molar-refractivity contribution in [1.82, 2.24) is 4.47 Å². The summed E-state index contributed by atoms with van der Waals surface area (Å²) in [6.07, 6.45) is 0. The van der Waals surface area contributed by atoms with Gasteiger partial charge in [-0.1, -0.05) is 54.2 Å². The molecule has 0 amide bonds. The lowest BCUT2D eigenvalue weighted by Crippen LogP contribution is -2.26. The summed E-state index contributed by atoms with van der Waals surface area (Å²) in [6, 6.07) is 11.6. The highest BCUT2D eigenvalue weighted by Crippen LogP contribution is 2.24. The highest BCUT2D eigenvalue weighted by atomic mass is 35.5. The monoisotopic (exact) mass is 411 g/mol. The fourth-order valence-corrected chi connectivity index (χ4v) is 3.49. The van der Waals surface area contributed by atoms with Crippen LogP contribution in [-0.4, -0.2) is 33.0 Å². The molecule has 0 spiro atoms. The third-order valence-electron chi connectivity index (χ3n) is 4.07. The minimum Gasteiger partial charge on any atom is -0.457 e. The van der Waals surface area contributed by atoms with Crippen molar-refractivity contribution in [2.45, 2.75) is 31.3 Å². The van der Waals surface area contributed by atoms with E-state index in [9.17, 15) is 13.2 Å². The maximum atomic E-state index is 12.4. The fourth-order valence-electron chi connectivity index (χ4n) is 2.29. The Balaban J connectivity index is 2.17. The number of hydrogen-bond acceptors (Lipinski definition) is 5. The van der Waals surface area contributed by atoms with Crippen LogP contribution in [0.2, 0.25) is 5.02 Å².